The van der Waals surface area contributed by atoms with Crippen molar-refractivity contribution in [1.29, 1.82) is 0 Å². The van der Waals surface area contributed by atoms with Crippen molar-refractivity contribution >= 4 is 29.1 Å². The van der Waals surface area contributed by atoms with Crippen molar-refractivity contribution in [2.45, 2.75) is 19.3 Å². The number of hydrogen-bond donors (Lipinski definition) is 2. The number of carbonyl (C=O) groups excluding carboxylic acids is 2. The first-order valence-corrected chi connectivity index (χ1v) is 8.72. The molecule has 138 valence electrons. The average molecular weight is 379 g/mol. The number of ether oxygens (including phenoxy) is 2. The smallest absolute Gasteiger partial charge is 0.286 e. The lowest BCUT2D eigenvalue weighted by molar-refractivity contribution is -0.116. The summed E-state index contributed by atoms with van der Waals surface area (Å²) >= 11 is 6.20. The normalized spacial score (nSPS) is 13.0. The summed E-state index contributed by atoms with van der Waals surface area (Å²) in [4.78, 5) is 23.8. The number of nitrogens with one attached hydrogen (secondary N) is 2. The average Bonchev–Trinajstić information content (AvgIpc) is 3.07. The highest BCUT2D eigenvalue weighted by Gasteiger charge is 2.15. The van der Waals surface area contributed by atoms with E-state index in [1.807, 2.05) is 0 Å². The molecule has 0 saturated carbocycles. The molecule has 26 heavy (non-hydrogen) atoms. The molecule has 0 spiro atoms. The molecule has 0 aliphatic carbocycles. The second-order valence-corrected chi connectivity index (χ2v) is 6.12. The van der Waals surface area contributed by atoms with E-state index in [4.69, 9.17) is 25.5 Å². The molecule has 2 heterocycles. The maximum atomic E-state index is 12.1. The van der Waals surface area contributed by atoms with Crippen LogP contribution >= 0.6 is 11.6 Å². The van der Waals surface area contributed by atoms with Crippen LogP contribution in [0.15, 0.2) is 34.9 Å². The van der Waals surface area contributed by atoms with Gasteiger partial charge in [-0.25, -0.2) is 0 Å². The van der Waals surface area contributed by atoms with Crippen LogP contribution in [0, 0.1) is 0 Å². The van der Waals surface area contributed by atoms with Gasteiger partial charge in [0, 0.05) is 31.5 Å². The molecule has 1 aromatic carbocycles. The monoisotopic (exact) mass is 378 g/mol. The Morgan fingerprint density at radius 1 is 1.15 bits per heavy atom. The van der Waals surface area contributed by atoms with E-state index in [-0.39, 0.29) is 24.0 Å². The fraction of sp³-hybridized carbons (Fsp3) is 0.333. The predicted molar refractivity (Wildman–Crippen MR) is 96.0 cm³/mol. The van der Waals surface area contributed by atoms with Gasteiger partial charge in [-0.2, -0.15) is 0 Å². The highest BCUT2D eigenvalue weighted by Crippen LogP contribution is 2.37. The van der Waals surface area contributed by atoms with Crippen LogP contribution in [0.2, 0.25) is 5.02 Å². The van der Waals surface area contributed by atoms with Gasteiger partial charge in [0.25, 0.3) is 5.91 Å². The van der Waals surface area contributed by atoms with E-state index in [2.05, 4.69) is 10.6 Å². The van der Waals surface area contributed by atoms with Crippen LogP contribution in [-0.4, -0.2) is 31.6 Å². The van der Waals surface area contributed by atoms with Crippen LogP contribution in [-0.2, 0) is 4.79 Å². The van der Waals surface area contributed by atoms with Gasteiger partial charge in [-0.1, -0.05) is 11.6 Å². The first-order valence-electron chi connectivity index (χ1n) is 8.34. The molecule has 2 amide bonds. The molecular formula is C18H19ClN2O5. The number of furan rings is 1. The summed E-state index contributed by atoms with van der Waals surface area (Å²) in [5.41, 5.74) is 0.473. The van der Waals surface area contributed by atoms with E-state index in [0.29, 0.717) is 48.4 Å². The molecular weight excluding hydrogens is 360 g/mol. The summed E-state index contributed by atoms with van der Waals surface area (Å²) in [5, 5.41) is 5.83. The third-order valence-electron chi connectivity index (χ3n) is 3.72. The third kappa shape index (κ3) is 4.70. The van der Waals surface area contributed by atoms with Crippen molar-refractivity contribution in [1.82, 2.24) is 5.32 Å². The van der Waals surface area contributed by atoms with Crippen molar-refractivity contribution in [3.05, 3.63) is 41.3 Å². The molecule has 0 radical (unpaired) electrons. The number of carbonyl (C=O) groups is 2. The predicted octanol–water partition coefficient (Wildman–Crippen LogP) is 3.24. The maximum Gasteiger partial charge on any atom is 0.286 e. The second-order valence-electron chi connectivity index (χ2n) is 5.71. The molecule has 2 N–H and O–H groups in total. The zero-order valence-corrected chi connectivity index (χ0v) is 14.8. The number of amides is 2. The van der Waals surface area contributed by atoms with Crippen molar-refractivity contribution < 1.29 is 23.5 Å². The first kappa shape index (κ1) is 18.1. The summed E-state index contributed by atoms with van der Waals surface area (Å²) in [6.45, 7) is 1.48. The van der Waals surface area contributed by atoms with Crippen LogP contribution < -0.4 is 20.1 Å². The molecule has 8 heteroatoms. The lowest BCUT2D eigenvalue weighted by Crippen LogP contribution is -2.25. The molecule has 1 aliphatic heterocycles. The number of anilines is 1. The number of fused-ring (bicyclic) bond motifs is 1. The van der Waals surface area contributed by atoms with Crippen LogP contribution in [0.4, 0.5) is 5.69 Å². The maximum absolute atomic E-state index is 12.1. The molecule has 0 bridgehead atoms. The molecule has 0 fully saturated rings. The highest BCUT2D eigenvalue weighted by molar-refractivity contribution is 6.34. The van der Waals surface area contributed by atoms with Gasteiger partial charge in [0.2, 0.25) is 5.91 Å². The molecule has 1 aromatic heterocycles. The Morgan fingerprint density at radius 3 is 2.65 bits per heavy atom. The Morgan fingerprint density at radius 2 is 1.92 bits per heavy atom. The Hall–Kier alpha value is -2.67. The van der Waals surface area contributed by atoms with Gasteiger partial charge in [0.15, 0.2) is 17.3 Å². The zero-order chi connectivity index (χ0) is 18.4. The molecule has 0 unspecified atom stereocenters. The van der Waals surface area contributed by atoms with Crippen molar-refractivity contribution in [3.8, 4) is 11.5 Å². The van der Waals surface area contributed by atoms with Crippen molar-refractivity contribution in [3.63, 3.8) is 0 Å². The molecule has 0 saturated heterocycles. The molecule has 0 atom stereocenters. The minimum atomic E-state index is -0.304. The molecule has 2 aromatic rings. The SMILES string of the molecule is O=C(CCCNC(=O)c1ccco1)Nc1cc2c(cc1Cl)OCCCO2. The Bertz CT molecular complexity index is 776. The summed E-state index contributed by atoms with van der Waals surface area (Å²) in [7, 11) is 0. The van der Waals surface area contributed by atoms with Gasteiger partial charge in [-0.05, 0) is 18.6 Å². The number of hydrogen-bond acceptors (Lipinski definition) is 5. The van der Waals surface area contributed by atoms with Gasteiger partial charge in [0.05, 0.1) is 30.2 Å². The Kier molecular flexibility index (Phi) is 6.01. The van der Waals surface area contributed by atoms with Gasteiger partial charge in [0.1, 0.15) is 0 Å². The number of halogens is 1. The fourth-order valence-corrected chi connectivity index (χ4v) is 2.64. The summed E-state index contributed by atoms with van der Waals surface area (Å²) in [6, 6.07) is 6.52. The fourth-order valence-electron chi connectivity index (χ4n) is 2.44. The summed E-state index contributed by atoms with van der Waals surface area (Å²) in [6.07, 6.45) is 2.95. The van der Waals surface area contributed by atoms with E-state index < -0.39 is 0 Å². The van der Waals surface area contributed by atoms with Gasteiger partial charge in [-0.3, -0.25) is 9.59 Å². The molecule has 7 nitrogen and oxygen atoms in total. The van der Waals surface area contributed by atoms with Crippen molar-refractivity contribution in [2.75, 3.05) is 25.1 Å². The zero-order valence-electron chi connectivity index (χ0n) is 14.0. The van der Waals surface area contributed by atoms with Crippen molar-refractivity contribution in [2.24, 2.45) is 0 Å². The highest BCUT2D eigenvalue weighted by atomic mass is 35.5. The van der Waals surface area contributed by atoms with E-state index in [1.165, 1.54) is 6.26 Å². The number of rotatable bonds is 6. The Balaban J connectivity index is 1.47. The summed E-state index contributed by atoms with van der Waals surface area (Å²) in [5.74, 6) is 0.877. The van der Waals surface area contributed by atoms with Gasteiger partial charge in [-0.15, -0.1) is 0 Å². The number of benzene rings is 1. The van der Waals surface area contributed by atoms with E-state index in [9.17, 15) is 9.59 Å². The minimum Gasteiger partial charge on any atom is -0.490 e. The standard InChI is InChI=1S/C18H19ClN2O5/c19-12-10-15-16(26-9-3-8-25-15)11-13(12)21-17(22)5-1-6-20-18(23)14-4-2-7-24-14/h2,4,7,10-11H,1,3,5-6,8-9H2,(H,20,23)(H,21,22). The van der Waals surface area contributed by atoms with E-state index in [0.717, 1.165) is 6.42 Å². The quantitative estimate of drug-likeness (QED) is 0.753. The van der Waals surface area contributed by atoms with Crippen LogP contribution in [0.5, 0.6) is 11.5 Å². The topological polar surface area (TPSA) is 89.8 Å². The van der Waals surface area contributed by atoms with Crippen LogP contribution in [0.25, 0.3) is 0 Å². The lowest BCUT2D eigenvalue weighted by atomic mass is 10.2. The molecule has 3 rings (SSSR count). The van der Waals surface area contributed by atoms with Crippen LogP contribution in [0.3, 0.4) is 0 Å². The minimum absolute atomic E-state index is 0.200. The lowest BCUT2D eigenvalue weighted by Gasteiger charge is -2.12. The molecule has 1 aliphatic rings. The van der Waals surface area contributed by atoms with Gasteiger partial charge >= 0.3 is 0 Å². The Labute approximate surface area is 155 Å². The second kappa shape index (κ2) is 8.62. The largest absolute Gasteiger partial charge is 0.490 e. The van der Waals surface area contributed by atoms with Crippen LogP contribution in [0.1, 0.15) is 29.8 Å². The van der Waals surface area contributed by atoms with E-state index in [1.54, 1.807) is 24.3 Å². The first-order chi connectivity index (χ1) is 12.6. The summed E-state index contributed by atoms with van der Waals surface area (Å²) < 4.78 is 16.1. The van der Waals surface area contributed by atoms with E-state index >= 15 is 0 Å². The van der Waals surface area contributed by atoms with Gasteiger partial charge < -0.3 is 24.5 Å². The third-order valence-corrected chi connectivity index (χ3v) is 4.04.